The molecule has 1 saturated heterocycles. The molecule has 0 atom stereocenters. The largest absolute Gasteiger partial charge is 0.488 e. The zero-order valence-electron chi connectivity index (χ0n) is 16.0. The van der Waals surface area contributed by atoms with Crippen LogP contribution in [0.4, 0.5) is 0 Å². The molecule has 1 amide bonds. The van der Waals surface area contributed by atoms with E-state index in [2.05, 4.69) is 22.4 Å². The molecule has 6 heteroatoms. The number of carbonyl (C=O) groups excluding carboxylic acids is 1. The van der Waals surface area contributed by atoms with E-state index in [0.717, 1.165) is 42.8 Å². The Labute approximate surface area is 154 Å². The van der Waals surface area contributed by atoms with Crippen molar-refractivity contribution in [1.29, 1.82) is 0 Å². The Balaban J connectivity index is 1.68. The first kappa shape index (κ1) is 18.5. The standard InChI is InChI=1S/C20H27N3O3/c1-13-5-6-14(2)18(11-13)25-12-17-15(3)26-22-19(17)20(24)21-16-7-9-23(4)10-8-16/h5-6,11,16H,7-10,12H2,1-4H3,(H,21,24). The van der Waals surface area contributed by atoms with Crippen LogP contribution in [0.5, 0.6) is 5.75 Å². The lowest BCUT2D eigenvalue weighted by molar-refractivity contribution is 0.0905. The van der Waals surface area contributed by atoms with Gasteiger partial charge in [-0.2, -0.15) is 0 Å². The van der Waals surface area contributed by atoms with Crippen LogP contribution in [0, 0.1) is 20.8 Å². The van der Waals surface area contributed by atoms with E-state index in [9.17, 15) is 4.79 Å². The fourth-order valence-electron chi connectivity index (χ4n) is 3.16. The molecule has 1 N–H and O–H groups in total. The van der Waals surface area contributed by atoms with Crippen LogP contribution in [0.15, 0.2) is 22.7 Å². The van der Waals surface area contributed by atoms with Crippen LogP contribution in [-0.4, -0.2) is 42.1 Å². The number of benzene rings is 1. The molecule has 2 aromatic rings. The van der Waals surface area contributed by atoms with Gasteiger partial charge in [-0.3, -0.25) is 4.79 Å². The Hall–Kier alpha value is -2.34. The predicted molar refractivity (Wildman–Crippen MR) is 99.5 cm³/mol. The number of ether oxygens (including phenoxy) is 1. The van der Waals surface area contributed by atoms with Crippen LogP contribution in [0.2, 0.25) is 0 Å². The summed E-state index contributed by atoms with van der Waals surface area (Å²) in [4.78, 5) is 14.9. The summed E-state index contributed by atoms with van der Waals surface area (Å²) in [5.74, 6) is 1.24. The highest BCUT2D eigenvalue weighted by molar-refractivity contribution is 5.94. The van der Waals surface area contributed by atoms with Gasteiger partial charge < -0.3 is 19.5 Å². The van der Waals surface area contributed by atoms with Crippen molar-refractivity contribution in [3.8, 4) is 5.75 Å². The second-order valence-corrected chi connectivity index (χ2v) is 7.17. The molecule has 1 aromatic carbocycles. The van der Waals surface area contributed by atoms with Crippen molar-refractivity contribution in [1.82, 2.24) is 15.4 Å². The van der Waals surface area contributed by atoms with Gasteiger partial charge in [-0.05, 0) is 70.9 Å². The zero-order chi connectivity index (χ0) is 18.7. The quantitative estimate of drug-likeness (QED) is 0.891. The van der Waals surface area contributed by atoms with Crippen LogP contribution in [0.1, 0.15) is 45.8 Å². The van der Waals surface area contributed by atoms with E-state index in [4.69, 9.17) is 9.26 Å². The van der Waals surface area contributed by atoms with Crippen molar-refractivity contribution >= 4 is 5.91 Å². The third-order valence-corrected chi connectivity index (χ3v) is 4.97. The maximum Gasteiger partial charge on any atom is 0.274 e. The molecular formula is C20H27N3O3. The van der Waals surface area contributed by atoms with Crippen molar-refractivity contribution in [2.45, 2.75) is 46.3 Å². The molecule has 6 nitrogen and oxygen atoms in total. The summed E-state index contributed by atoms with van der Waals surface area (Å²) in [5.41, 5.74) is 3.22. The monoisotopic (exact) mass is 357 g/mol. The van der Waals surface area contributed by atoms with E-state index in [0.29, 0.717) is 17.0 Å². The normalized spacial score (nSPS) is 15.8. The number of hydrogen-bond donors (Lipinski definition) is 1. The lowest BCUT2D eigenvalue weighted by atomic mass is 10.1. The topological polar surface area (TPSA) is 67.6 Å². The highest BCUT2D eigenvalue weighted by Crippen LogP contribution is 2.22. The number of amides is 1. The molecule has 140 valence electrons. The van der Waals surface area contributed by atoms with Gasteiger partial charge in [0.25, 0.3) is 5.91 Å². The smallest absolute Gasteiger partial charge is 0.274 e. The predicted octanol–water partition coefficient (Wildman–Crippen LogP) is 3.00. The fraction of sp³-hybridized carbons (Fsp3) is 0.500. The number of carbonyl (C=O) groups is 1. The minimum absolute atomic E-state index is 0.184. The molecule has 26 heavy (non-hydrogen) atoms. The Morgan fingerprint density at radius 1 is 1.31 bits per heavy atom. The highest BCUT2D eigenvalue weighted by atomic mass is 16.5. The minimum Gasteiger partial charge on any atom is -0.488 e. The molecule has 3 rings (SSSR count). The number of rotatable bonds is 5. The lowest BCUT2D eigenvalue weighted by Gasteiger charge is -2.29. The molecule has 0 unspecified atom stereocenters. The maximum atomic E-state index is 12.7. The molecule has 0 aliphatic carbocycles. The fourth-order valence-corrected chi connectivity index (χ4v) is 3.16. The molecule has 0 saturated carbocycles. The summed E-state index contributed by atoms with van der Waals surface area (Å²) in [6.07, 6.45) is 1.90. The van der Waals surface area contributed by atoms with E-state index in [1.54, 1.807) is 6.92 Å². The lowest BCUT2D eigenvalue weighted by Crippen LogP contribution is -2.43. The molecule has 1 aliphatic rings. The first-order valence-corrected chi connectivity index (χ1v) is 9.08. The zero-order valence-corrected chi connectivity index (χ0v) is 16.0. The van der Waals surface area contributed by atoms with E-state index in [-0.39, 0.29) is 18.6 Å². The average molecular weight is 357 g/mol. The molecule has 0 bridgehead atoms. The number of nitrogens with zero attached hydrogens (tertiary/aromatic N) is 2. The molecule has 0 radical (unpaired) electrons. The number of likely N-dealkylation sites (tertiary alicyclic amines) is 1. The van der Waals surface area contributed by atoms with Crippen LogP contribution >= 0.6 is 0 Å². The summed E-state index contributed by atoms with van der Waals surface area (Å²) >= 11 is 0. The average Bonchev–Trinajstić information content (AvgIpc) is 2.98. The molecular weight excluding hydrogens is 330 g/mol. The van der Waals surface area contributed by atoms with Crippen LogP contribution in [-0.2, 0) is 6.61 Å². The van der Waals surface area contributed by atoms with Gasteiger partial charge in [0.15, 0.2) is 5.69 Å². The summed E-state index contributed by atoms with van der Waals surface area (Å²) in [5, 5.41) is 7.06. The van der Waals surface area contributed by atoms with Gasteiger partial charge in [0.05, 0.1) is 5.56 Å². The van der Waals surface area contributed by atoms with Crippen LogP contribution in [0.3, 0.4) is 0 Å². The van der Waals surface area contributed by atoms with Crippen LogP contribution in [0.25, 0.3) is 0 Å². The summed E-state index contributed by atoms with van der Waals surface area (Å²) in [7, 11) is 2.10. The second-order valence-electron chi connectivity index (χ2n) is 7.17. The van der Waals surface area contributed by atoms with Gasteiger partial charge in [-0.15, -0.1) is 0 Å². The molecule has 0 spiro atoms. The first-order valence-electron chi connectivity index (χ1n) is 9.08. The second kappa shape index (κ2) is 7.91. The SMILES string of the molecule is Cc1ccc(C)c(OCc2c(C(=O)NC3CCN(C)CC3)noc2C)c1. The number of aromatic nitrogens is 1. The van der Waals surface area contributed by atoms with Gasteiger partial charge in [0.1, 0.15) is 18.1 Å². The van der Waals surface area contributed by atoms with E-state index < -0.39 is 0 Å². The van der Waals surface area contributed by atoms with Crippen molar-refractivity contribution < 1.29 is 14.1 Å². The number of aryl methyl sites for hydroxylation is 3. The van der Waals surface area contributed by atoms with E-state index in [1.165, 1.54) is 0 Å². The van der Waals surface area contributed by atoms with Crippen molar-refractivity contribution in [3.05, 3.63) is 46.3 Å². The van der Waals surface area contributed by atoms with Gasteiger partial charge >= 0.3 is 0 Å². The Morgan fingerprint density at radius 3 is 2.77 bits per heavy atom. The van der Waals surface area contributed by atoms with Gasteiger partial charge in [0.2, 0.25) is 0 Å². The number of piperidine rings is 1. The molecule has 2 heterocycles. The van der Waals surface area contributed by atoms with Gasteiger partial charge in [0, 0.05) is 6.04 Å². The Kier molecular flexibility index (Phi) is 5.61. The minimum atomic E-state index is -0.184. The van der Waals surface area contributed by atoms with Crippen molar-refractivity contribution in [3.63, 3.8) is 0 Å². The molecule has 1 fully saturated rings. The van der Waals surface area contributed by atoms with E-state index in [1.807, 2.05) is 32.0 Å². The highest BCUT2D eigenvalue weighted by Gasteiger charge is 2.24. The first-order chi connectivity index (χ1) is 12.4. The van der Waals surface area contributed by atoms with Crippen molar-refractivity contribution in [2.24, 2.45) is 0 Å². The summed E-state index contributed by atoms with van der Waals surface area (Å²) in [6.45, 7) is 8.08. The maximum absolute atomic E-state index is 12.7. The third-order valence-electron chi connectivity index (χ3n) is 4.97. The number of hydrogen-bond acceptors (Lipinski definition) is 5. The summed E-state index contributed by atoms with van der Waals surface area (Å²) < 4.78 is 11.2. The Morgan fingerprint density at radius 2 is 2.04 bits per heavy atom. The number of nitrogens with one attached hydrogen (secondary N) is 1. The van der Waals surface area contributed by atoms with E-state index >= 15 is 0 Å². The van der Waals surface area contributed by atoms with Gasteiger partial charge in [-0.1, -0.05) is 17.3 Å². The molecule has 1 aromatic heterocycles. The third kappa shape index (κ3) is 4.25. The molecule has 1 aliphatic heterocycles. The van der Waals surface area contributed by atoms with Gasteiger partial charge in [-0.25, -0.2) is 0 Å². The summed E-state index contributed by atoms with van der Waals surface area (Å²) in [6, 6.07) is 6.26. The van der Waals surface area contributed by atoms with Crippen LogP contribution < -0.4 is 10.1 Å². The Bertz CT molecular complexity index is 777. The van der Waals surface area contributed by atoms with Crippen molar-refractivity contribution in [2.75, 3.05) is 20.1 Å².